The first-order valence-electron chi connectivity index (χ1n) is 8.30. The lowest BCUT2D eigenvalue weighted by atomic mass is 10.1. The second-order valence-electron chi connectivity index (χ2n) is 5.67. The Hall–Kier alpha value is -0.630. The average molecular weight is 398 g/mol. The molecule has 9 heteroatoms. The maximum Gasteiger partial charge on any atom is 0.222 e. The highest BCUT2D eigenvalue weighted by Gasteiger charge is 2.22. The zero-order valence-corrected chi connectivity index (χ0v) is 16.7. The van der Waals surface area contributed by atoms with Crippen LogP contribution < -0.4 is 10.6 Å². The molecule has 1 aromatic rings. The number of amides is 1. The number of aromatic nitrogens is 2. The molecule has 6 nitrogen and oxygen atoms in total. The van der Waals surface area contributed by atoms with Crippen molar-refractivity contribution in [2.24, 2.45) is 5.73 Å². The van der Waals surface area contributed by atoms with Gasteiger partial charge in [-0.1, -0.05) is 19.8 Å². The van der Waals surface area contributed by atoms with Gasteiger partial charge in [0.1, 0.15) is 5.82 Å². The van der Waals surface area contributed by atoms with Gasteiger partial charge in [-0.15, -0.1) is 24.8 Å². The largest absolute Gasteiger partial charge is 0.343 e. The summed E-state index contributed by atoms with van der Waals surface area (Å²) in [5.41, 5.74) is 5.47. The van der Waals surface area contributed by atoms with Crippen molar-refractivity contribution in [3.05, 3.63) is 5.82 Å². The Bertz CT molecular complexity index is 466. The van der Waals surface area contributed by atoms with E-state index in [1.165, 1.54) is 11.5 Å². The lowest BCUT2D eigenvalue weighted by molar-refractivity contribution is -0.131. The standard InChI is InChI=1S/C15H27N5OS.2ClH/c1-2-13-17-15(22-18-13)20-11-9-19(10-12-20)14(21)7-5-3-4-6-8-16;;/h2-12,16H2,1H3;2*1H. The summed E-state index contributed by atoms with van der Waals surface area (Å²) >= 11 is 1.46. The van der Waals surface area contributed by atoms with Gasteiger partial charge in [0.2, 0.25) is 11.0 Å². The third kappa shape index (κ3) is 7.09. The predicted octanol–water partition coefficient (Wildman–Crippen LogP) is 2.50. The van der Waals surface area contributed by atoms with Gasteiger partial charge in [-0.3, -0.25) is 4.79 Å². The Morgan fingerprint density at radius 1 is 1.12 bits per heavy atom. The summed E-state index contributed by atoms with van der Waals surface area (Å²) < 4.78 is 4.33. The van der Waals surface area contributed by atoms with E-state index >= 15 is 0 Å². The van der Waals surface area contributed by atoms with E-state index in [-0.39, 0.29) is 24.8 Å². The van der Waals surface area contributed by atoms with Gasteiger partial charge >= 0.3 is 0 Å². The average Bonchev–Trinajstić information content (AvgIpc) is 3.04. The number of unbranched alkanes of at least 4 members (excludes halogenated alkanes) is 3. The van der Waals surface area contributed by atoms with Crippen LogP contribution in [0.15, 0.2) is 0 Å². The molecular weight excluding hydrogens is 369 g/mol. The van der Waals surface area contributed by atoms with Crippen molar-refractivity contribution < 1.29 is 4.79 Å². The van der Waals surface area contributed by atoms with Crippen LogP contribution >= 0.6 is 36.3 Å². The molecule has 2 heterocycles. The fourth-order valence-electron chi connectivity index (χ4n) is 2.60. The maximum atomic E-state index is 12.2. The minimum atomic E-state index is 0. The van der Waals surface area contributed by atoms with E-state index in [1.807, 2.05) is 4.90 Å². The molecule has 2 N–H and O–H groups in total. The first kappa shape index (κ1) is 23.4. The van der Waals surface area contributed by atoms with Gasteiger partial charge < -0.3 is 15.5 Å². The third-order valence-corrected chi connectivity index (χ3v) is 4.84. The summed E-state index contributed by atoms with van der Waals surface area (Å²) in [6.45, 7) is 6.12. The lowest BCUT2D eigenvalue weighted by Crippen LogP contribution is -2.48. The number of anilines is 1. The minimum Gasteiger partial charge on any atom is -0.343 e. The van der Waals surface area contributed by atoms with Crippen LogP contribution in [0.25, 0.3) is 0 Å². The van der Waals surface area contributed by atoms with Crippen LogP contribution in [0.5, 0.6) is 0 Å². The van der Waals surface area contributed by atoms with Gasteiger partial charge in [0.15, 0.2) is 0 Å². The molecule has 24 heavy (non-hydrogen) atoms. The van der Waals surface area contributed by atoms with Crippen LogP contribution in [0.1, 0.15) is 44.9 Å². The maximum absolute atomic E-state index is 12.2. The Morgan fingerprint density at radius 3 is 2.38 bits per heavy atom. The summed E-state index contributed by atoms with van der Waals surface area (Å²) in [4.78, 5) is 20.9. The first-order valence-corrected chi connectivity index (χ1v) is 9.07. The van der Waals surface area contributed by atoms with E-state index in [4.69, 9.17) is 5.73 Å². The van der Waals surface area contributed by atoms with Crippen LogP contribution in [0.2, 0.25) is 0 Å². The van der Waals surface area contributed by atoms with E-state index in [1.54, 1.807) is 0 Å². The van der Waals surface area contributed by atoms with Crippen molar-refractivity contribution in [2.75, 3.05) is 37.6 Å². The Balaban J connectivity index is 0.00000264. The summed E-state index contributed by atoms with van der Waals surface area (Å²) in [5.74, 6) is 1.20. The number of aryl methyl sites for hydroxylation is 1. The molecule has 0 aromatic carbocycles. The van der Waals surface area contributed by atoms with Gasteiger partial charge in [0.05, 0.1) is 0 Å². The van der Waals surface area contributed by atoms with Gasteiger partial charge in [0.25, 0.3) is 0 Å². The van der Waals surface area contributed by atoms with Crippen LogP contribution in [0, 0.1) is 0 Å². The molecule has 0 atom stereocenters. The molecule has 1 aliphatic rings. The van der Waals surface area contributed by atoms with Gasteiger partial charge in [-0.25, -0.2) is 4.98 Å². The minimum absolute atomic E-state index is 0. The highest BCUT2D eigenvalue weighted by molar-refractivity contribution is 7.09. The lowest BCUT2D eigenvalue weighted by Gasteiger charge is -2.34. The quantitative estimate of drug-likeness (QED) is 0.681. The molecule has 2 rings (SSSR count). The third-order valence-electron chi connectivity index (χ3n) is 4.02. The second-order valence-corrected chi connectivity index (χ2v) is 6.40. The first-order chi connectivity index (χ1) is 10.7. The molecule has 140 valence electrons. The van der Waals surface area contributed by atoms with Crippen molar-refractivity contribution in [3.8, 4) is 0 Å². The number of hydrogen-bond donors (Lipinski definition) is 1. The second kappa shape index (κ2) is 12.7. The van der Waals surface area contributed by atoms with Crippen LogP contribution in [0.3, 0.4) is 0 Å². The van der Waals surface area contributed by atoms with E-state index in [0.717, 1.165) is 75.8 Å². The monoisotopic (exact) mass is 397 g/mol. The Morgan fingerprint density at radius 2 is 1.79 bits per heavy atom. The molecule has 1 aromatic heterocycles. The number of halogens is 2. The van der Waals surface area contributed by atoms with Crippen LogP contribution in [0.4, 0.5) is 5.13 Å². The fourth-order valence-corrected chi connectivity index (χ4v) is 3.40. The highest BCUT2D eigenvalue weighted by Crippen LogP contribution is 2.19. The summed E-state index contributed by atoms with van der Waals surface area (Å²) in [6.07, 6.45) is 5.83. The van der Waals surface area contributed by atoms with Crippen LogP contribution in [-0.4, -0.2) is 52.9 Å². The van der Waals surface area contributed by atoms with Gasteiger partial charge in [-0.05, 0) is 19.4 Å². The SMILES string of the molecule is CCc1nsc(N2CCN(C(=O)CCCCCCN)CC2)n1.Cl.Cl. The van der Waals surface area contributed by atoms with Crippen molar-refractivity contribution in [2.45, 2.75) is 45.4 Å². The van der Waals surface area contributed by atoms with E-state index in [0.29, 0.717) is 12.3 Å². The smallest absolute Gasteiger partial charge is 0.222 e. The van der Waals surface area contributed by atoms with E-state index in [2.05, 4.69) is 21.2 Å². The van der Waals surface area contributed by atoms with E-state index < -0.39 is 0 Å². The number of carbonyl (C=O) groups excluding carboxylic acids is 1. The van der Waals surface area contributed by atoms with E-state index in [9.17, 15) is 4.79 Å². The topological polar surface area (TPSA) is 75.4 Å². The highest BCUT2D eigenvalue weighted by atomic mass is 35.5. The fraction of sp³-hybridized carbons (Fsp3) is 0.800. The number of carbonyl (C=O) groups is 1. The Labute approximate surface area is 161 Å². The molecule has 1 aliphatic heterocycles. The molecule has 1 saturated heterocycles. The summed E-state index contributed by atoms with van der Waals surface area (Å²) in [5, 5.41) is 0.991. The Kier molecular flexibility index (Phi) is 12.4. The summed E-state index contributed by atoms with van der Waals surface area (Å²) in [6, 6.07) is 0. The van der Waals surface area contributed by atoms with Crippen molar-refractivity contribution in [1.82, 2.24) is 14.3 Å². The molecule has 0 aliphatic carbocycles. The molecule has 0 spiro atoms. The number of nitrogens with zero attached hydrogens (tertiary/aromatic N) is 4. The molecule has 1 amide bonds. The van der Waals surface area contributed by atoms with Gasteiger partial charge in [0, 0.05) is 50.6 Å². The molecular formula is C15H29Cl2N5OS. The molecule has 0 saturated carbocycles. The number of nitrogens with two attached hydrogens (primary N) is 1. The molecule has 1 fully saturated rings. The summed E-state index contributed by atoms with van der Waals surface area (Å²) in [7, 11) is 0. The van der Waals surface area contributed by atoms with Gasteiger partial charge in [-0.2, -0.15) is 4.37 Å². The molecule has 0 bridgehead atoms. The normalized spacial score (nSPS) is 14.1. The number of hydrogen-bond acceptors (Lipinski definition) is 6. The van der Waals surface area contributed by atoms with Crippen molar-refractivity contribution in [3.63, 3.8) is 0 Å². The molecule has 0 unspecified atom stereocenters. The van der Waals surface area contributed by atoms with Crippen molar-refractivity contribution in [1.29, 1.82) is 0 Å². The number of piperazine rings is 1. The van der Waals surface area contributed by atoms with Crippen molar-refractivity contribution >= 4 is 47.4 Å². The zero-order valence-electron chi connectivity index (χ0n) is 14.3. The number of rotatable bonds is 8. The molecule has 0 radical (unpaired) electrons. The zero-order chi connectivity index (χ0) is 15.8. The van der Waals surface area contributed by atoms with Crippen LogP contribution in [-0.2, 0) is 11.2 Å². The predicted molar refractivity (Wildman–Crippen MR) is 105 cm³/mol.